The number of aliphatic hydroxyl groups excluding tert-OH is 1. The van der Waals surface area contributed by atoms with Crippen LogP contribution in [-0.4, -0.2) is 30.9 Å². The molecule has 0 aromatic carbocycles. The second kappa shape index (κ2) is 3.94. The van der Waals surface area contributed by atoms with Gasteiger partial charge in [-0.2, -0.15) is 0 Å². The average Bonchev–Trinajstić information content (AvgIpc) is 2.72. The summed E-state index contributed by atoms with van der Waals surface area (Å²) in [4.78, 5) is 4.07. The van der Waals surface area contributed by atoms with E-state index in [1.165, 1.54) is 6.26 Å². The van der Waals surface area contributed by atoms with Crippen molar-refractivity contribution < 1.29 is 17.9 Å². The maximum Gasteiger partial charge on any atom is 0.212 e. The van der Waals surface area contributed by atoms with Crippen molar-refractivity contribution in [3.8, 4) is 0 Å². The lowest BCUT2D eigenvalue weighted by Crippen LogP contribution is -2.08. The molecule has 2 rings (SSSR count). The summed E-state index contributed by atoms with van der Waals surface area (Å²) in [6.07, 6.45) is 3.07. The molecule has 6 heteroatoms. The summed E-state index contributed by atoms with van der Waals surface area (Å²) in [5.41, 5.74) is 0.606. The van der Waals surface area contributed by atoms with E-state index in [0.717, 1.165) is 0 Å². The predicted octanol–water partition coefficient (Wildman–Crippen LogP) is 0.459. The molecular formula is C9H13NO4S. The van der Waals surface area contributed by atoms with Gasteiger partial charge in [0.15, 0.2) is 9.84 Å². The van der Waals surface area contributed by atoms with Crippen molar-refractivity contribution in [2.24, 2.45) is 0 Å². The standard InChI is InChI=1S/C9H13NO4S/c11-4-3-7-6-14-9(10-7)8-2-1-5-15(8,12)13/h6,8,11H,1-5H2. The molecule has 1 N–H and O–H groups in total. The third-order valence-corrected chi connectivity index (χ3v) is 4.70. The van der Waals surface area contributed by atoms with Crippen LogP contribution in [0, 0.1) is 0 Å². The number of hydrogen-bond acceptors (Lipinski definition) is 5. The molecule has 1 saturated heterocycles. The highest BCUT2D eigenvalue weighted by molar-refractivity contribution is 7.91. The summed E-state index contributed by atoms with van der Waals surface area (Å²) in [5, 5.41) is 8.12. The van der Waals surface area contributed by atoms with Gasteiger partial charge in [-0.1, -0.05) is 0 Å². The summed E-state index contributed by atoms with van der Waals surface area (Å²) < 4.78 is 28.3. The SMILES string of the molecule is O=S1(=O)CCCC1c1nc(CCO)co1. The van der Waals surface area contributed by atoms with Crippen LogP contribution < -0.4 is 0 Å². The number of aromatic nitrogens is 1. The number of oxazole rings is 1. The smallest absolute Gasteiger partial charge is 0.212 e. The molecule has 1 aromatic heterocycles. The van der Waals surface area contributed by atoms with E-state index in [1.54, 1.807) is 0 Å². The molecule has 2 heterocycles. The van der Waals surface area contributed by atoms with E-state index in [-0.39, 0.29) is 18.3 Å². The zero-order valence-corrected chi connectivity index (χ0v) is 9.03. The van der Waals surface area contributed by atoms with Crippen LogP contribution in [-0.2, 0) is 16.3 Å². The summed E-state index contributed by atoms with van der Waals surface area (Å²) >= 11 is 0. The number of nitrogens with zero attached hydrogens (tertiary/aromatic N) is 1. The fourth-order valence-electron chi connectivity index (χ4n) is 1.77. The van der Waals surface area contributed by atoms with Gasteiger partial charge in [0.25, 0.3) is 0 Å². The molecule has 0 spiro atoms. The number of sulfone groups is 1. The Morgan fingerprint density at radius 1 is 1.60 bits per heavy atom. The van der Waals surface area contributed by atoms with Gasteiger partial charge >= 0.3 is 0 Å². The molecule has 1 aliphatic heterocycles. The topological polar surface area (TPSA) is 80.4 Å². The van der Waals surface area contributed by atoms with E-state index < -0.39 is 15.1 Å². The molecule has 0 aliphatic carbocycles. The van der Waals surface area contributed by atoms with Crippen molar-refractivity contribution in [1.82, 2.24) is 4.98 Å². The van der Waals surface area contributed by atoms with Crippen molar-refractivity contribution >= 4 is 9.84 Å². The molecule has 5 nitrogen and oxygen atoms in total. The molecule has 0 saturated carbocycles. The number of hydrogen-bond donors (Lipinski definition) is 1. The molecule has 1 aromatic rings. The number of rotatable bonds is 3. The van der Waals surface area contributed by atoms with Gasteiger partial charge in [0, 0.05) is 13.0 Å². The lowest BCUT2D eigenvalue weighted by Gasteiger charge is -2.02. The highest BCUT2D eigenvalue weighted by atomic mass is 32.2. The van der Waals surface area contributed by atoms with Crippen LogP contribution in [0.25, 0.3) is 0 Å². The minimum Gasteiger partial charge on any atom is -0.447 e. The zero-order valence-electron chi connectivity index (χ0n) is 8.22. The fourth-order valence-corrected chi connectivity index (χ4v) is 3.56. The lowest BCUT2D eigenvalue weighted by atomic mass is 10.2. The van der Waals surface area contributed by atoms with Gasteiger partial charge in [-0.05, 0) is 12.8 Å². The van der Waals surface area contributed by atoms with Gasteiger partial charge in [0.1, 0.15) is 11.5 Å². The van der Waals surface area contributed by atoms with E-state index in [4.69, 9.17) is 9.52 Å². The van der Waals surface area contributed by atoms with Crippen molar-refractivity contribution in [2.75, 3.05) is 12.4 Å². The van der Waals surface area contributed by atoms with Gasteiger partial charge in [-0.25, -0.2) is 13.4 Å². The minimum atomic E-state index is -3.06. The third-order valence-electron chi connectivity index (χ3n) is 2.54. The summed E-state index contributed by atoms with van der Waals surface area (Å²) in [6, 6.07) is 0. The molecular weight excluding hydrogens is 218 g/mol. The largest absolute Gasteiger partial charge is 0.447 e. The fraction of sp³-hybridized carbons (Fsp3) is 0.667. The van der Waals surface area contributed by atoms with E-state index in [2.05, 4.69) is 4.98 Å². The molecule has 84 valence electrons. The Morgan fingerprint density at radius 2 is 2.40 bits per heavy atom. The summed E-state index contributed by atoms with van der Waals surface area (Å²) in [6.45, 7) is -0.0105. The molecule has 0 radical (unpaired) electrons. The second-order valence-corrected chi connectivity index (χ2v) is 5.95. The van der Waals surface area contributed by atoms with Crippen molar-refractivity contribution in [3.63, 3.8) is 0 Å². The third kappa shape index (κ3) is 2.05. The first-order valence-corrected chi connectivity index (χ1v) is 6.62. The maximum absolute atomic E-state index is 11.6. The Bertz CT molecular complexity index is 437. The van der Waals surface area contributed by atoms with E-state index in [0.29, 0.717) is 25.0 Å². The van der Waals surface area contributed by atoms with Crippen LogP contribution >= 0.6 is 0 Å². The average molecular weight is 231 g/mol. The van der Waals surface area contributed by atoms with E-state index >= 15 is 0 Å². The summed E-state index contributed by atoms with van der Waals surface area (Å²) in [5.74, 6) is 0.492. The Balaban J connectivity index is 2.22. The predicted molar refractivity (Wildman–Crippen MR) is 53.1 cm³/mol. The molecule has 0 bridgehead atoms. The first-order chi connectivity index (χ1) is 7.13. The highest BCUT2D eigenvalue weighted by Gasteiger charge is 2.36. The van der Waals surface area contributed by atoms with Crippen molar-refractivity contribution in [3.05, 3.63) is 17.8 Å². The van der Waals surface area contributed by atoms with Gasteiger partial charge in [-0.3, -0.25) is 0 Å². The monoisotopic (exact) mass is 231 g/mol. The Kier molecular flexibility index (Phi) is 2.79. The normalized spacial score (nSPS) is 24.5. The van der Waals surface area contributed by atoms with Gasteiger partial charge in [0.05, 0.1) is 11.4 Å². The van der Waals surface area contributed by atoms with Crippen molar-refractivity contribution in [1.29, 1.82) is 0 Å². The van der Waals surface area contributed by atoms with Crippen LogP contribution in [0.4, 0.5) is 0 Å². The quantitative estimate of drug-likeness (QED) is 0.817. The van der Waals surface area contributed by atoms with Gasteiger partial charge < -0.3 is 9.52 Å². The van der Waals surface area contributed by atoms with Crippen LogP contribution in [0.1, 0.15) is 29.7 Å². The van der Waals surface area contributed by atoms with Crippen LogP contribution in [0.5, 0.6) is 0 Å². The van der Waals surface area contributed by atoms with Gasteiger partial charge in [-0.15, -0.1) is 0 Å². The van der Waals surface area contributed by atoms with Gasteiger partial charge in [0.2, 0.25) is 5.89 Å². The molecule has 1 fully saturated rings. The van der Waals surface area contributed by atoms with E-state index in [1.807, 2.05) is 0 Å². The number of aliphatic hydroxyl groups is 1. The Labute approximate surface area is 88.0 Å². The van der Waals surface area contributed by atoms with E-state index in [9.17, 15) is 8.42 Å². The van der Waals surface area contributed by atoms with Crippen LogP contribution in [0.15, 0.2) is 10.7 Å². The molecule has 15 heavy (non-hydrogen) atoms. The zero-order chi connectivity index (χ0) is 10.9. The first-order valence-electron chi connectivity index (χ1n) is 4.90. The molecule has 1 unspecified atom stereocenters. The molecule has 1 aliphatic rings. The van der Waals surface area contributed by atoms with Crippen molar-refractivity contribution in [2.45, 2.75) is 24.5 Å². The maximum atomic E-state index is 11.6. The highest BCUT2D eigenvalue weighted by Crippen LogP contribution is 2.33. The van der Waals surface area contributed by atoms with Crippen LogP contribution in [0.3, 0.4) is 0 Å². The second-order valence-electron chi connectivity index (χ2n) is 3.65. The minimum absolute atomic E-state index is 0.0105. The lowest BCUT2D eigenvalue weighted by molar-refractivity contribution is 0.298. The Morgan fingerprint density at radius 3 is 3.00 bits per heavy atom. The first kappa shape index (κ1) is 10.6. The summed E-state index contributed by atoms with van der Waals surface area (Å²) in [7, 11) is -3.06. The molecule has 1 atom stereocenters. The van der Waals surface area contributed by atoms with Crippen LogP contribution in [0.2, 0.25) is 0 Å². The molecule has 0 amide bonds. The Hall–Kier alpha value is -0.880.